The summed E-state index contributed by atoms with van der Waals surface area (Å²) in [5, 5.41) is 12.4. The van der Waals surface area contributed by atoms with Crippen LogP contribution in [0.4, 0.5) is 0 Å². The molecule has 2 aromatic rings. The van der Waals surface area contributed by atoms with Crippen LogP contribution < -0.4 is 10.1 Å². The van der Waals surface area contributed by atoms with E-state index in [9.17, 15) is 9.90 Å². The number of nitrogens with one attached hydrogen (secondary N) is 1. The van der Waals surface area contributed by atoms with Gasteiger partial charge in [-0.05, 0) is 36.6 Å². The van der Waals surface area contributed by atoms with Crippen LogP contribution >= 0.6 is 0 Å². The normalized spacial score (nSPS) is 11.9. The van der Waals surface area contributed by atoms with Gasteiger partial charge < -0.3 is 15.2 Å². The van der Waals surface area contributed by atoms with Gasteiger partial charge in [0.15, 0.2) is 0 Å². The number of carboxylic acid groups (broad SMARTS) is 1. The lowest BCUT2D eigenvalue weighted by molar-refractivity contribution is -0.139. The van der Waals surface area contributed by atoms with E-state index in [1.807, 2.05) is 61.5 Å². The van der Waals surface area contributed by atoms with E-state index in [0.717, 1.165) is 16.9 Å². The van der Waals surface area contributed by atoms with Crippen LogP contribution in [0.15, 0.2) is 54.6 Å². The topological polar surface area (TPSA) is 58.6 Å². The molecule has 4 nitrogen and oxygen atoms in total. The highest BCUT2D eigenvalue weighted by molar-refractivity contribution is 5.73. The van der Waals surface area contributed by atoms with Crippen molar-refractivity contribution < 1.29 is 14.6 Å². The molecule has 0 aliphatic carbocycles. The first-order valence-corrected chi connectivity index (χ1v) is 7.41. The molecule has 0 unspecified atom stereocenters. The molecular formula is C18H21NO3. The molecule has 1 atom stereocenters. The Labute approximate surface area is 130 Å². The van der Waals surface area contributed by atoms with Gasteiger partial charge in [-0.1, -0.05) is 42.5 Å². The Hall–Kier alpha value is -2.33. The van der Waals surface area contributed by atoms with E-state index in [-0.39, 0.29) is 0 Å². The highest BCUT2D eigenvalue weighted by Crippen LogP contribution is 2.12. The van der Waals surface area contributed by atoms with Crippen molar-refractivity contribution in [1.29, 1.82) is 0 Å². The zero-order valence-corrected chi connectivity index (χ0v) is 12.7. The monoisotopic (exact) mass is 299 g/mol. The third-order valence-corrected chi connectivity index (χ3v) is 3.37. The maximum Gasteiger partial charge on any atom is 0.321 e. The molecule has 0 amide bonds. The van der Waals surface area contributed by atoms with Gasteiger partial charge in [0.25, 0.3) is 0 Å². The largest absolute Gasteiger partial charge is 0.494 e. The standard InChI is InChI=1S/C18H21NO3/c1-2-22-16-10-8-15(9-11-16)13-19-17(18(20)21)12-14-6-4-3-5-7-14/h3-11,17,19H,2,12-13H2,1H3,(H,20,21)/t17-/m1/s1. The molecule has 0 radical (unpaired) electrons. The fourth-order valence-electron chi connectivity index (χ4n) is 2.21. The molecule has 0 spiro atoms. The molecule has 0 fully saturated rings. The smallest absolute Gasteiger partial charge is 0.321 e. The maximum absolute atomic E-state index is 11.4. The van der Waals surface area contributed by atoms with E-state index >= 15 is 0 Å². The van der Waals surface area contributed by atoms with Gasteiger partial charge in [-0.3, -0.25) is 4.79 Å². The summed E-state index contributed by atoms with van der Waals surface area (Å²) in [6, 6.07) is 16.7. The molecule has 22 heavy (non-hydrogen) atoms. The minimum atomic E-state index is -0.838. The van der Waals surface area contributed by atoms with E-state index < -0.39 is 12.0 Å². The van der Waals surface area contributed by atoms with E-state index in [2.05, 4.69) is 5.32 Å². The summed E-state index contributed by atoms with van der Waals surface area (Å²) >= 11 is 0. The molecule has 0 saturated carbocycles. The Morgan fingerprint density at radius 3 is 2.36 bits per heavy atom. The third kappa shape index (κ3) is 4.90. The Balaban J connectivity index is 1.92. The molecule has 0 aliphatic heterocycles. The van der Waals surface area contributed by atoms with Crippen molar-refractivity contribution in [2.24, 2.45) is 0 Å². The van der Waals surface area contributed by atoms with E-state index in [4.69, 9.17) is 4.74 Å². The van der Waals surface area contributed by atoms with Crippen LogP contribution in [-0.4, -0.2) is 23.7 Å². The number of ether oxygens (including phenoxy) is 1. The molecule has 0 aromatic heterocycles. The summed E-state index contributed by atoms with van der Waals surface area (Å²) in [5.41, 5.74) is 2.04. The molecule has 0 heterocycles. The molecule has 0 bridgehead atoms. The average molecular weight is 299 g/mol. The Bertz CT molecular complexity index is 581. The quantitative estimate of drug-likeness (QED) is 0.787. The van der Waals surface area contributed by atoms with Crippen molar-refractivity contribution in [3.8, 4) is 5.75 Å². The minimum Gasteiger partial charge on any atom is -0.494 e. The first kappa shape index (κ1) is 16.0. The lowest BCUT2D eigenvalue weighted by atomic mass is 10.1. The summed E-state index contributed by atoms with van der Waals surface area (Å²) in [5.74, 6) is -0.0138. The number of benzene rings is 2. The molecular weight excluding hydrogens is 278 g/mol. The predicted octanol–water partition coefficient (Wildman–Crippen LogP) is 2.87. The number of aliphatic carboxylic acids is 1. The summed E-state index contributed by atoms with van der Waals surface area (Å²) in [6.45, 7) is 3.09. The van der Waals surface area contributed by atoms with Crippen LogP contribution in [0.2, 0.25) is 0 Å². The first-order valence-electron chi connectivity index (χ1n) is 7.41. The summed E-state index contributed by atoms with van der Waals surface area (Å²) in [4.78, 5) is 11.4. The second kappa shape index (κ2) is 8.20. The van der Waals surface area contributed by atoms with Crippen molar-refractivity contribution in [3.05, 3.63) is 65.7 Å². The first-order chi connectivity index (χ1) is 10.7. The van der Waals surface area contributed by atoms with Crippen LogP contribution in [0.3, 0.4) is 0 Å². The number of hydrogen-bond donors (Lipinski definition) is 2. The van der Waals surface area contributed by atoms with Gasteiger partial charge in [-0.25, -0.2) is 0 Å². The minimum absolute atomic E-state index is 0.465. The number of carboxylic acids is 1. The molecule has 2 aromatic carbocycles. The van der Waals surface area contributed by atoms with Crippen molar-refractivity contribution in [2.45, 2.75) is 25.9 Å². The van der Waals surface area contributed by atoms with Gasteiger partial charge in [-0.15, -0.1) is 0 Å². The van der Waals surface area contributed by atoms with Crippen molar-refractivity contribution in [2.75, 3.05) is 6.61 Å². The number of rotatable bonds is 8. The second-order valence-electron chi connectivity index (χ2n) is 5.04. The van der Waals surface area contributed by atoms with Gasteiger partial charge >= 0.3 is 5.97 Å². The van der Waals surface area contributed by atoms with Crippen LogP contribution in [-0.2, 0) is 17.8 Å². The molecule has 116 valence electrons. The Kier molecular flexibility index (Phi) is 5.98. The van der Waals surface area contributed by atoms with Crippen LogP contribution in [0, 0.1) is 0 Å². The van der Waals surface area contributed by atoms with Gasteiger partial charge in [0.05, 0.1) is 6.61 Å². The van der Waals surface area contributed by atoms with Crippen LogP contribution in [0.1, 0.15) is 18.1 Å². The highest BCUT2D eigenvalue weighted by Gasteiger charge is 2.17. The van der Waals surface area contributed by atoms with Gasteiger partial charge in [0.2, 0.25) is 0 Å². The van der Waals surface area contributed by atoms with E-state index in [1.165, 1.54) is 0 Å². The highest BCUT2D eigenvalue weighted by atomic mass is 16.5. The zero-order chi connectivity index (χ0) is 15.8. The van der Waals surface area contributed by atoms with Gasteiger partial charge in [0, 0.05) is 6.54 Å². The third-order valence-electron chi connectivity index (χ3n) is 3.37. The Morgan fingerprint density at radius 1 is 1.09 bits per heavy atom. The summed E-state index contributed by atoms with van der Waals surface area (Å²) in [6.07, 6.45) is 0.465. The lowest BCUT2D eigenvalue weighted by Gasteiger charge is -2.15. The van der Waals surface area contributed by atoms with Gasteiger partial charge in [0.1, 0.15) is 11.8 Å². The van der Waals surface area contributed by atoms with Crippen molar-refractivity contribution in [3.63, 3.8) is 0 Å². The fraction of sp³-hybridized carbons (Fsp3) is 0.278. The zero-order valence-electron chi connectivity index (χ0n) is 12.7. The number of carbonyl (C=O) groups is 1. The maximum atomic E-state index is 11.4. The van der Waals surface area contributed by atoms with E-state index in [1.54, 1.807) is 0 Å². The fourth-order valence-corrected chi connectivity index (χ4v) is 2.21. The molecule has 2 N–H and O–H groups in total. The second-order valence-corrected chi connectivity index (χ2v) is 5.04. The van der Waals surface area contributed by atoms with E-state index in [0.29, 0.717) is 19.6 Å². The number of hydrogen-bond acceptors (Lipinski definition) is 3. The van der Waals surface area contributed by atoms with Crippen molar-refractivity contribution in [1.82, 2.24) is 5.32 Å². The van der Waals surface area contributed by atoms with Crippen LogP contribution in [0.25, 0.3) is 0 Å². The molecule has 0 saturated heterocycles. The Morgan fingerprint density at radius 2 is 1.77 bits per heavy atom. The average Bonchev–Trinajstić information content (AvgIpc) is 2.54. The summed E-state index contributed by atoms with van der Waals surface area (Å²) in [7, 11) is 0. The van der Waals surface area contributed by atoms with Gasteiger partial charge in [-0.2, -0.15) is 0 Å². The van der Waals surface area contributed by atoms with Crippen molar-refractivity contribution >= 4 is 5.97 Å². The molecule has 2 rings (SSSR count). The van der Waals surface area contributed by atoms with Crippen LogP contribution in [0.5, 0.6) is 5.75 Å². The molecule has 0 aliphatic rings. The molecule has 4 heteroatoms. The SMILES string of the molecule is CCOc1ccc(CN[C@H](Cc2ccccc2)C(=O)O)cc1. The lowest BCUT2D eigenvalue weighted by Crippen LogP contribution is -2.38. The predicted molar refractivity (Wildman–Crippen MR) is 86.0 cm³/mol. The summed E-state index contributed by atoms with van der Waals surface area (Å²) < 4.78 is 5.39.